The number of carbonyl (C=O) groups is 3. The molecular formula is C22H24N2O7S. The number of ether oxygens (including phenoxy) is 2. The molecule has 32 heavy (non-hydrogen) atoms. The molecule has 1 saturated heterocycles. The first-order valence-electron chi connectivity index (χ1n) is 10.0. The Kier molecular flexibility index (Phi) is 7.60. The van der Waals surface area contributed by atoms with Crippen molar-refractivity contribution in [2.75, 3.05) is 39.4 Å². The van der Waals surface area contributed by atoms with Crippen LogP contribution in [0, 0.1) is 0 Å². The van der Waals surface area contributed by atoms with E-state index in [-0.39, 0.29) is 42.7 Å². The minimum absolute atomic E-state index is 0.0575. The molecule has 10 heteroatoms. The van der Waals surface area contributed by atoms with Gasteiger partial charge < -0.3 is 14.4 Å². The molecule has 0 saturated carbocycles. The summed E-state index contributed by atoms with van der Waals surface area (Å²) in [6, 6.07) is 13.9. The highest BCUT2D eigenvalue weighted by Crippen LogP contribution is 2.19. The molecule has 0 atom stereocenters. The summed E-state index contributed by atoms with van der Waals surface area (Å²) in [5, 5.41) is 0. The zero-order valence-electron chi connectivity index (χ0n) is 17.6. The van der Waals surface area contributed by atoms with Gasteiger partial charge in [-0.05, 0) is 36.4 Å². The predicted molar refractivity (Wildman–Crippen MR) is 114 cm³/mol. The van der Waals surface area contributed by atoms with E-state index in [0.717, 1.165) is 0 Å². The minimum Gasteiger partial charge on any atom is -0.458 e. The summed E-state index contributed by atoms with van der Waals surface area (Å²) < 4.78 is 37.0. The van der Waals surface area contributed by atoms with Gasteiger partial charge in [0.05, 0.1) is 16.0 Å². The lowest BCUT2D eigenvalue weighted by Gasteiger charge is -2.33. The van der Waals surface area contributed by atoms with Crippen LogP contribution in [-0.4, -0.2) is 74.9 Å². The van der Waals surface area contributed by atoms with Crippen LogP contribution in [0.25, 0.3) is 0 Å². The molecule has 0 bridgehead atoms. The van der Waals surface area contributed by atoms with Crippen LogP contribution < -0.4 is 0 Å². The van der Waals surface area contributed by atoms with Gasteiger partial charge in [-0.2, -0.15) is 4.31 Å². The third-order valence-electron chi connectivity index (χ3n) is 4.97. The summed E-state index contributed by atoms with van der Waals surface area (Å²) >= 11 is 0. The lowest BCUT2D eigenvalue weighted by Crippen LogP contribution is -2.49. The smallest absolute Gasteiger partial charge is 0.338 e. The molecule has 170 valence electrons. The van der Waals surface area contributed by atoms with Gasteiger partial charge in [0.2, 0.25) is 15.9 Å². The lowest BCUT2D eigenvalue weighted by atomic mass is 10.2. The number of amides is 1. The number of sulfonamides is 1. The van der Waals surface area contributed by atoms with Gasteiger partial charge in [-0.3, -0.25) is 4.79 Å². The van der Waals surface area contributed by atoms with E-state index in [1.54, 1.807) is 35.2 Å². The third-order valence-corrected chi connectivity index (χ3v) is 6.88. The summed E-state index contributed by atoms with van der Waals surface area (Å²) in [7, 11) is -3.72. The molecule has 2 aromatic carbocycles. The van der Waals surface area contributed by atoms with Crippen LogP contribution in [0.4, 0.5) is 0 Å². The fourth-order valence-corrected chi connectivity index (χ4v) is 4.59. The normalized spacial score (nSPS) is 14.6. The second kappa shape index (κ2) is 10.4. The van der Waals surface area contributed by atoms with Crippen molar-refractivity contribution in [2.24, 2.45) is 0 Å². The molecule has 1 aliphatic rings. The second-order valence-corrected chi connectivity index (χ2v) is 9.01. The zero-order valence-corrected chi connectivity index (χ0v) is 18.4. The molecule has 0 unspecified atom stereocenters. The van der Waals surface area contributed by atoms with Crippen LogP contribution in [0.3, 0.4) is 0 Å². The van der Waals surface area contributed by atoms with Crippen LogP contribution >= 0.6 is 0 Å². The fraction of sp³-hybridized carbons (Fsp3) is 0.318. The fourth-order valence-electron chi connectivity index (χ4n) is 3.17. The van der Waals surface area contributed by atoms with Gasteiger partial charge in [-0.1, -0.05) is 18.2 Å². The quantitative estimate of drug-likeness (QED) is 0.455. The van der Waals surface area contributed by atoms with Crippen molar-refractivity contribution in [3.8, 4) is 0 Å². The molecule has 1 fully saturated rings. The number of hydrogen-bond acceptors (Lipinski definition) is 7. The number of piperazine rings is 1. The molecule has 3 rings (SSSR count). The van der Waals surface area contributed by atoms with E-state index in [2.05, 4.69) is 0 Å². The van der Waals surface area contributed by atoms with E-state index in [9.17, 15) is 22.8 Å². The summed E-state index contributed by atoms with van der Waals surface area (Å²) in [5.41, 5.74) is 0.582. The number of esters is 2. The van der Waals surface area contributed by atoms with Gasteiger partial charge in [0.15, 0.2) is 0 Å². The first-order chi connectivity index (χ1) is 15.3. The van der Waals surface area contributed by atoms with Crippen LogP contribution in [0.5, 0.6) is 0 Å². The van der Waals surface area contributed by atoms with Crippen LogP contribution in [-0.2, 0) is 24.3 Å². The highest BCUT2D eigenvalue weighted by Gasteiger charge is 2.29. The van der Waals surface area contributed by atoms with E-state index in [4.69, 9.17) is 9.47 Å². The molecule has 0 N–H and O–H groups in total. The molecule has 0 aromatic heterocycles. The highest BCUT2D eigenvalue weighted by atomic mass is 32.2. The Hall–Kier alpha value is -3.24. The number of nitrogens with zero attached hydrogens (tertiary/aromatic N) is 2. The Morgan fingerprint density at radius 2 is 1.28 bits per heavy atom. The topological polar surface area (TPSA) is 110 Å². The Labute approximate surface area is 186 Å². The molecule has 0 aliphatic carbocycles. The summed E-state index contributed by atoms with van der Waals surface area (Å²) in [4.78, 5) is 37.1. The number of benzene rings is 2. The minimum atomic E-state index is -3.72. The average molecular weight is 461 g/mol. The molecule has 1 amide bonds. The predicted octanol–water partition coefficient (Wildman–Crippen LogP) is 1.55. The van der Waals surface area contributed by atoms with E-state index >= 15 is 0 Å². The molecule has 9 nitrogen and oxygen atoms in total. The molecule has 1 heterocycles. The third kappa shape index (κ3) is 5.71. The average Bonchev–Trinajstić information content (AvgIpc) is 2.82. The maximum Gasteiger partial charge on any atom is 0.338 e. The summed E-state index contributed by atoms with van der Waals surface area (Å²) in [6.45, 7) is 2.34. The van der Waals surface area contributed by atoms with Crippen LogP contribution in [0.2, 0.25) is 0 Å². The SMILES string of the molecule is CC(=O)N1CCN(S(=O)(=O)c2ccc(C(=O)OCCOC(=O)c3ccccc3)cc2)CC1. The Morgan fingerprint density at radius 1 is 0.781 bits per heavy atom. The van der Waals surface area contributed by atoms with Gasteiger partial charge in [0.1, 0.15) is 13.2 Å². The zero-order chi connectivity index (χ0) is 23.1. The molecule has 1 aliphatic heterocycles. The molecule has 0 spiro atoms. The van der Waals surface area contributed by atoms with Crippen molar-refractivity contribution in [3.05, 3.63) is 65.7 Å². The first kappa shape index (κ1) is 23.4. The van der Waals surface area contributed by atoms with Gasteiger partial charge in [-0.15, -0.1) is 0 Å². The summed E-state index contributed by atoms with van der Waals surface area (Å²) in [6.07, 6.45) is 0. The van der Waals surface area contributed by atoms with Crippen molar-refractivity contribution < 1.29 is 32.3 Å². The summed E-state index contributed by atoms with van der Waals surface area (Å²) in [5.74, 6) is -1.25. The number of carbonyl (C=O) groups excluding carboxylic acids is 3. The van der Waals surface area contributed by atoms with Gasteiger partial charge in [-0.25, -0.2) is 18.0 Å². The van der Waals surface area contributed by atoms with Crippen LogP contribution in [0.15, 0.2) is 59.5 Å². The van der Waals surface area contributed by atoms with Gasteiger partial charge in [0, 0.05) is 33.1 Å². The largest absolute Gasteiger partial charge is 0.458 e. The monoisotopic (exact) mass is 460 g/mol. The van der Waals surface area contributed by atoms with Crippen molar-refractivity contribution >= 4 is 27.9 Å². The Morgan fingerprint density at radius 3 is 1.78 bits per heavy atom. The standard InChI is InChI=1S/C22H24N2O7S/c1-17(25)23-11-13-24(14-12-23)32(28,29)20-9-7-19(8-10-20)22(27)31-16-15-30-21(26)18-5-3-2-4-6-18/h2-10H,11-16H2,1H3. The maximum absolute atomic E-state index is 12.8. The number of rotatable bonds is 7. The second-order valence-electron chi connectivity index (χ2n) is 7.07. The highest BCUT2D eigenvalue weighted by molar-refractivity contribution is 7.89. The Balaban J connectivity index is 1.49. The van der Waals surface area contributed by atoms with E-state index in [1.165, 1.54) is 35.5 Å². The van der Waals surface area contributed by atoms with Crippen molar-refractivity contribution in [3.63, 3.8) is 0 Å². The van der Waals surface area contributed by atoms with E-state index in [1.807, 2.05) is 0 Å². The van der Waals surface area contributed by atoms with Crippen molar-refractivity contribution in [1.29, 1.82) is 0 Å². The van der Waals surface area contributed by atoms with E-state index < -0.39 is 22.0 Å². The van der Waals surface area contributed by atoms with Crippen molar-refractivity contribution in [1.82, 2.24) is 9.21 Å². The first-order valence-corrected chi connectivity index (χ1v) is 11.5. The lowest BCUT2D eigenvalue weighted by molar-refractivity contribution is -0.129. The molecule has 2 aromatic rings. The van der Waals surface area contributed by atoms with Gasteiger partial charge in [0.25, 0.3) is 0 Å². The van der Waals surface area contributed by atoms with Gasteiger partial charge >= 0.3 is 11.9 Å². The molecular weight excluding hydrogens is 436 g/mol. The van der Waals surface area contributed by atoms with Crippen LogP contribution in [0.1, 0.15) is 27.6 Å². The number of hydrogen-bond donors (Lipinski definition) is 0. The molecule has 0 radical (unpaired) electrons. The maximum atomic E-state index is 12.8. The van der Waals surface area contributed by atoms with Crippen molar-refractivity contribution in [2.45, 2.75) is 11.8 Å². The van der Waals surface area contributed by atoms with E-state index in [0.29, 0.717) is 18.7 Å². The Bertz CT molecular complexity index is 1060.